The number of hydrogen-bond acceptors (Lipinski definition) is 6. The Morgan fingerprint density at radius 2 is 1.96 bits per heavy atom. The minimum Gasteiger partial charge on any atom is -0.398 e. The Balaban J connectivity index is 1.99. The molecular formula is C18H22FN5O. The van der Waals surface area contributed by atoms with E-state index in [1.807, 2.05) is 12.1 Å². The second-order valence-electron chi connectivity index (χ2n) is 5.39. The first-order chi connectivity index (χ1) is 12.1. The topological polar surface area (TPSA) is 96.0 Å². The largest absolute Gasteiger partial charge is 0.398 e. The van der Waals surface area contributed by atoms with Crippen molar-refractivity contribution in [1.29, 1.82) is 5.41 Å². The summed E-state index contributed by atoms with van der Waals surface area (Å²) in [4.78, 5) is 4.29. The van der Waals surface area contributed by atoms with Crippen LogP contribution in [-0.4, -0.2) is 31.0 Å². The molecule has 7 heteroatoms. The lowest BCUT2D eigenvalue weighted by molar-refractivity contribution is 0.198. The molecule has 132 valence electrons. The van der Waals surface area contributed by atoms with Crippen LogP contribution in [0.15, 0.2) is 48.7 Å². The van der Waals surface area contributed by atoms with Gasteiger partial charge in [0.2, 0.25) is 0 Å². The second-order valence-corrected chi connectivity index (χ2v) is 5.39. The van der Waals surface area contributed by atoms with Gasteiger partial charge in [-0.1, -0.05) is 12.1 Å². The summed E-state index contributed by atoms with van der Waals surface area (Å²) >= 11 is 0. The molecule has 1 aromatic carbocycles. The summed E-state index contributed by atoms with van der Waals surface area (Å²) in [5.41, 5.74) is 9.98. The van der Waals surface area contributed by atoms with Crippen LogP contribution in [0.4, 0.5) is 16.0 Å². The Hall–Kier alpha value is -2.93. The van der Waals surface area contributed by atoms with Gasteiger partial charge in [0.25, 0.3) is 0 Å². The van der Waals surface area contributed by atoms with Gasteiger partial charge in [-0.2, -0.15) is 0 Å². The fourth-order valence-electron chi connectivity index (χ4n) is 2.14. The predicted octanol–water partition coefficient (Wildman–Crippen LogP) is 3.19. The number of halogens is 1. The third-order valence-corrected chi connectivity index (χ3v) is 3.53. The van der Waals surface area contributed by atoms with Crippen LogP contribution in [0.3, 0.4) is 0 Å². The molecule has 0 amide bonds. The van der Waals surface area contributed by atoms with E-state index >= 15 is 0 Å². The Morgan fingerprint density at radius 1 is 1.24 bits per heavy atom. The number of allylic oxidation sites excluding steroid dienone is 1. The van der Waals surface area contributed by atoms with Crippen molar-refractivity contribution in [2.45, 2.75) is 6.42 Å². The Labute approximate surface area is 146 Å². The van der Waals surface area contributed by atoms with Crippen LogP contribution >= 0.6 is 0 Å². The van der Waals surface area contributed by atoms with Crippen LogP contribution in [0.1, 0.15) is 17.5 Å². The molecule has 0 atom stereocenters. The van der Waals surface area contributed by atoms with E-state index in [2.05, 4.69) is 10.3 Å². The normalized spacial score (nSPS) is 11.2. The van der Waals surface area contributed by atoms with Gasteiger partial charge in [-0.3, -0.25) is 0 Å². The molecule has 0 unspecified atom stereocenters. The van der Waals surface area contributed by atoms with Crippen LogP contribution in [-0.2, 0) is 4.74 Å². The molecule has 0 spiro atoms. The Bertz CT molecular complexity index is 713. The van der Waals surface area contributed by atoms with Gasteiger partial charge >= 0.3 is 0 Å². The number of rotatable bonds is 9. The lowest BCUT2D eigenvalue weighted by atomic mass is 10.1. The summed E-state index contributed by atoms with van der Waals surface area (Å²) in [6, 6.07) is 10.2. The van der Waals surface area contributed by atoms with Crippen LogP contribution < -0.4 is 16.6 Å². The molecule has 0 radical (unpaired) electrons. The highest BCUT2D eigenvalue weighted by atomic mass is 19.2. The number of anilines is 2. The summed E-state index contributed by atoms with van der Waals surface area (Å²) in [6.45, 7) is 1.47. The van der Waals surface area contributed by atoms with E-state index in [4.69, 9.17) is 15.9 Å². The van der Waals surface area contributed by atoms with Crippen molar-refractivity contribution in [1.82, 2.24) is 4.98 Å². The lowest BCUT2D eigenvalue weighted by Crippen LogP contribution is -2.07. The molecule has 1 aromatic heterocycles. The number of methoxy groups -OCH3 is 1. The average Bonchev–Trinajstić information content (AvgIpc) is 2.65. The van der Waals surface area contributed by atoms with Gasteiger partial charge in [-0.15, -0.1) is 4.48 Å². The Morgan fingerprint density at radius 3 is 2.56 bits per heavy atom. The van der Waals surface area contributed by atoms with Crippen molar-refractivity contribution < 1.29 is 9.22 Å². The van der Waals surface area contributed by atoms with E-state index in [1.165, 1.54) is 0 Å². The molecule has 6 nitrogen and oxygen atoms in total. The molecule has 1 heterocycles. The lowest BCUT2D eigenvalue weighted by Gasteiger charge is -2.07. The number of aromatic nitrogens is 1. The zero-order valence-electron chi connectivity index (χ0n) is 14.1. The van der Waals surface area contributed by atoms with Crippen molar-refractivity contribution >= 4 is 22.9 Å². The van der Waals surface area contributed by atoms with E-state index in [1.54, 1.807) is 49.2 Å². The third-order valence-electron chi connectivity index (χ3n) is 3.53. The van der Waals surface area contributed by atoms with Crippen LogP contribution in [0.25, 0.3) is 5.70 Å². The van der Waals surface area contributed by atoms with Gasteiger partial charge in [-0.25, -0.2) is 10.5 Å². The highest BCUT2D eigenvalue weighted by Crippen LogP contribution is 2.15. The summed E-state index contributed by atoms with van der Waals surface area (Å²) in [7, 11) is 1.67. The number of nitrogens with zero attached hydrogens (tertiary/aromatic N) is 1. The van der Waals surface area contributed by atoms with Gasteiger partial charge in [0, 0.05) is 37.7 Å². The zero-order valence-corrected chi connectivity index (χ0v) is 14.1. The van der Waals surface area contributed by atoms with Crippen molar-refractivity contribution in [3.05, 3.63) is 59.8 Å². The monoisotopic (exact) mass is 343 g/mol. The van der Waals surface area contributed by atoms with Crippen molar-refractivity contribution in [2.75, 3.05) is 31.1 Å². The molecule has 0 bridgehead atoms. The van der Waals surface area contributed by atoms with Crippen LogP contribution in [0.5, 0.6) is 0 Å². The average molecular weight is 343 g/mol. The quantitative estimate of drug-likeness (QED) is 0.319. The number of nitrogens with two attached hydrogens (primary N) is 1. The van der Waals surface area contributed by atoms with E-state index in [-0.39, 0.29) is 5.71 Å². The maximum Gasteiger partial charge on any atom is 0.125 e. The van der Waals surface area contributed by atoms with Gasteiger partial charge < -0.3 is 21.2 Å². The van der Waals surface area contributed by atoms with Crippen molar-refractivity contribution in [2.24, 2.45) is 5.73 Å². The first kappa shape index (κ1) is 18.4. The number of benzene rings is 1. The number of pyridine rings is 1. The molecule has 2 aromatic rings. The fourth-order valence-corrected chi connectivity index (χ4v) is 2.14. The van der Waals surface area contributed by atoms with E-state index in [0.717, 1.165) is 18.8 Å². The summed E-state index contributed by atoms with van der Waals surface area (Å²) in [6.07, 6.45) is 4.08. The number of nitrogens with one attached hydrogen (secondary N) is 3. The highest BCUT2D eigenvalue weighted by Gasteiger charge is 2.03. The summed E-state index contributed by atoms with van der Waals surface area (Å²) in [5, 5.41) is 11.3. The maximum absolute atomic E-state index is 12.3. The molecular weight excluding hydrogens is 321 g/mol. The maximum atomic E-state index is 12.3. The molecule has 0 saturated heterocycles. The molecule has 25 heavy (non-hydrogen) atoms. The first-order valence-electron chi connectivity index (χ1n) is 7.86. The predicted molar refractivity (Wildman–Crippen MR) is 99.4 cm³/mol. The first-order valence-corrected chi connectivity index (χ1v) is 7.86. The summed E-state index contributed by atoms with van der Waals surface area (Å²) < 4.78 is 17.3. The SMILES string of the molecule is COCCCNc1ccc(C(=N)/C=C(\N)c2ccc(NF)cc2)cn1. The molecule has 2 rings (SSSR count). The molecule has 0 aliphatic carbocycles. The van der Waals surface area contributed by atoms with Crippen molar-refractivity contribution in [3.63, 3.8) is 0 Å². The molecule has 0 fully saturated rings. The fraction of sp³-hybridized carbons (Fsp3) is 0.222. The minimum absolute atomic E-state index is 0.253. The van der Waals surface area contributed by atoms with Crippen LogP contribution in [0.2, 0.25) is 0 Å². The zero-order chi connectivity index (χ0) is 18.1. The number of ether oxygens (including phenoxy) is 1. The Kier molecular flexibility index (Phi) is 6.91. The van der Waals surface area contributed by atoms with Gasteiger partial charge in [0.05, 0.1) is 11.4 Å². The minimum atomic E-state index is 0.253. The standard InChI is InChI=1S/C18H22FN5O/c1-25-10-2-9-22-18-8-5-14(12-23-18)17(21)11-16(20)13-3-6-15(24-19)7-4-13/h3-8,11-12,21,24H,2,9-10,20H2,1H3,(H,22,23)/b16-11-,21-17?. The molecule has 0 saturated carbocycles. The van der Waals surface area contributed by atoms with E-state index < -0.39 is 0 Å². The van der Waals surface area contributed by atoms with Gasteiger partial charge in [-0.05, 0) is 42.3 Å². The smallest absolute Gasteiger partial charge is 0.125 e. The second kappa shape index (κ2) is 9.39. The highest BCUT2D eigenvalue weighted by molar-refractivity contribution is 6.09. The van der Waals surface area contributed by atoms with Gasteiger partial charge in [0.1, 0.15) is 5.82 Å². The van der Waals surface area contributed by atoms with E-state index in [0.29, 0.717) is 29.1 Å². The van der Waals surface area contributed by atoms with Gasteiger partial charge in [0.15, 0.2) is 0 Å². The van der Waals surface area contributed by atoms with Crippen LogP contribution in [0, 0.1) is 5.41 Å². The molecule has 0 aliphatic rings. The van der Waals surface area contributed by atoms with E-state index in [9.17, 15) is 4.48 Å². The summed E-state index contributed by atoms with van der Waals surface area (Å²) in [5.74, 6) is 0.749. The molecule has 5 N–H and O–H groups in total. The van der Waals surface area contributed by atoms with Crippen molar-refractivity contribution in [3.8, 4) is 0 Å². The molecule has 0 aliphatic heterocycles. The third kappa shape index (κ3) is 5.58. The number of hydrogen-bond donors (Lipinski definition) is 4.